The van der Waals surface area contributed by atoms with Crippen LogP contribution in [0.25, 0.3) is 28.0 Å². The molecule has 30 heavy (non-hydrogen) atoms. The Bertz CT molecular complexity index is 1200. The molecule has 3 aromatic heterocycles. The van der Waals surface area contributed by atoms with Gasteiger partial charge in [-0.15, -0.1) is 15.3 Å². The van der Waals surface area contributed by atoms with E-state index in [0.717, 1.165) is 36.1 Å². The van der Waals surface area contributed by atoms with Gasteiger partial charge in [0.05, 0.1) is 23.8 Å². The molecule has 1 fully saturated rings. The maximum Gasteiger partial charge on any atom is 0.162 e. The summed E-state index contributed by atoms with van der Waals surface area (Å²) in [5, 5.41) is 28.3. The Balaban J connectivity index is 1.47. The van der Waals surface area contributed by atoms with Gasteiger partial charge in [0.25, 0.3) is 0 Å². The predicted molar refractivity (Wildman–Crippen MR) is 115 cm³/mol. The van der Waals surface area contributed by atoms with E-state index in [1.54, 1.807) is 23.1 Å². The molecule has 0 radical (unpaired) electrons. The van der Waals surface area contributed by atoms with Crippen molar-refractivity contribution in [3.05, 3.63) is 48.9 Å². The summed E-state index contributed by atoms with van der Waals surface area (Å²) in [7, 11) is 2.19. The fourth-order valence-electron chi connectivity index (χ4n) is 4.32. The molecular weight excluding hydrogens is 378 g/mol. The molecule has 154 valence electrons. The average Bonchev–Trinajstić information content (AvgIpc) is 3.39. The van der Waals surface area contributed by atoms with Crippen LogP contribution in [0.15, 0.2) is 48.9 Å². The van der Waals surface area contributed by atoms with Crippen molar-refractivity contribution in [1.29, 1.82) is 0 Å². The number of fused-ring (bicyclic) bond motifs is 1. The zero-order valence-electron chi connectivity index (χ0n) is 17.4. The highest BCUT2D eigenvalue weighted by Gasteiger charge is 2.33. The van der Waals surface area contributed by atoms with Gasteiger partial charge in [0.15, 0.2) is 5.65 Å². The second-order valence-corrected chi connectivity index (χ2v) is 8.66. The first-order chi connectivity index (χ1) is 14.4. The van der Waals surface area contributed by atoms with E-state index in [-0.39, 0.29) is 11.3 Å². The fraction of sp³-hybridized carbons (Fsp3) is 0.364. The number of rotatable bonds is 3. The molecule has 4 aromatic rings. The minimum atomic E-state index is 0.133. The minimum Gasteiger partial charge on any atom is -0.507 e. The summed E-state index contributed by atoms with van der Waals surface area (Å²) < 4.78 is 3.86. The molecule has 1 unspecified atom stereocenters. The third kappa shape index (κ3) is 3.13. The topological polar surface area (TPSA) is 84.9 Å². The van der Waals surface area contributed by atoms with Crippen molar-refractivity contribution < 1.29 is 5.11 Å². The second kappa shape index (κ2) is 6.91. The Morgan fingerprint density at radius 3 is 2.70 bits per heavy atom. The first kappa shape index (κ1) is 18.7. The van der Waals surface area contributed by atoms with Gasteiger partial charge in [0.1, 0.15) is 5.75 Å². The highest BCUT2D eigenvalue weighted by Crippen LogP contribution is 2.36. The van der Waals surface area contributed by atoms with Crippen molar-refractivity contribution in [3.8, 4) is 22.7 Å². The molecule has 4 heterocycles. The van der Waals surface area contributed by atoms with Gasteiger partial charge in [-0.1, -0.05) is 5.21 Å². The van der Waals surface area contributed by atoms with Gasteiger partial charge in [-0.05, 0) is 58.0 Å². The molecular formula is C22H25N7O. The number of hydrogen-bond donors (Lipinski definition) is 1. The molecule has 0 bridgehead atoms. The Hall–Kier alpha value is -3.26. The van der Waals surface area contributed by atoms with E-state index < -0.39 is 0 Å². The van der Waals surface area contributed by atoms with Crippen molar-refractivity contribution in [2.75, 3.05) is 13.6 Å². The number of phenolic OH excluding ortho intramolecular Hbond substituents is 1. The lowest BCUT2D eigenvalue weighted by Crippen LogP contribution is -2.47. The van der Waals surface area contributed by atoms with Crippen molar-refractivity contribution in [3.63, 3.8) is 0 Å². The van der Waals surface area contributed by atoms with Crippen LogP contribution >= 0.6 is 0 Å². The summed E-state index contributed by atoms with van der Waals surface area (Å²) in [6, 6.07) is 9.84. The van der Waals surface area contributed by atoms with Gasteiger partial charge >= 0.3 is 0 Å². The molecule has 5 rings (SSSR count). The molecule has 0 spiro atoms. The molecule has 1 saturated heterocycles. The van der Waals surface area contributed by atoms with Crippen molar-refractivity contribution in [2.24, 2.45) is 0 Å². The lowest BCUT2D eigenvalue weighted by molar-refractivity contribution is 0.0769. The summed E-state index contributed by atoms with van der Waals surface area (Å²) in [6.07, 6.45) is 7.61. The van der Waals surface area contributed by atoms with Crippen LogP contribution in [0.4, 0.5) is 0 Å². The van der Waals surface area contributed by atoms with Crippen LogP contribution in [0.5, 0.6) is 5.75 Å². The van der Waals surface area contributed by atoms with E-state index in [2.05, 4.69) is 63.1 Å². The summed E-state index contributed by atoms with van der Waals surface area (Å²) in [5.41, 5.74) is 3.07. The maximum atomic E-state index is 10.6. The zero-order valence-corrected chi connectivity index (χ0v) is 17.4. The van der Waals surface area contributed by atoms with Gasteiger partial charge < -0.3 is 14.6 Å². The molecule has 1 atom stereocenters. The first-order valence-corrected chi connectivity index (χ1v) is 10.2. The lowest BCUT2D eigenvalue weighted by Gasteiger charge is -2.44. The maximum absolute atomic E-state index is 10.6. The number of hydrogen-bond acceptors (Lipinski definition) is 6. The standard InChI is InChI=1S/C22H25N7O/c1-22(2)14-17(7-9-27(22)3)28-10-6-15-12-19(24-25-21(15)28)18-5-4-16(13-20(18)30)29-11-8-23-26-29/h4-6,8,10-13,17,30H,7,9,14H2,1-3H3. The van der Waals surface area contributed by atoms with Crippen LogP contribution in [-0.4, -0.2) is 58.9 Å². The molecule has 0 saturated carbocycles. The highest BCUT2D eigenvalue weighted by atomic mass is 16.3. The van der Waals surface area contributed by atoms with E-state index in [0.29, 0.717) is 17.3 Å². The number of piperidine rings is 1. The Kier molecular flexibility index (Phi) is 4.32. The quantitative estimate of drug-likeness (QED) is 0.564. The van der Waals surface area contributed by atoms with Crippen molar-refractivity contribution >= 4 is 11.0 Å². The number of phenols is 1. The van der Waals surface area contributed by atoms with Crippen LogP contribution in [0.2, 0.25) is 0 Å². The number of nitrogens with zero attached hydrogens (tertiary/aromatic N) is 7. The molecule has 8 nitrogen and oxygen atoms in total. The molecule has 0 amide bonds. The monoisotopic (exact) mass is 403 g/mol. The third-order valence-electron chi connectivity index (χ3n) is 6.37. The number of aromatic nitrogens is 6. The Morgan fingerprint density at radius 1 is 1.10 bits per heavy atom. The van der Waals surface area contributed by atoms with Crippen molar-refractivity contribution in [2.45, 2.75) is 38.3 Å². The van der Waals surface area contributed by atoms with Crippen LogP contribution in [0.3, 0.4) is 0 Å². The number of aromatic hydroxyl groups is 1. The normalized spacial score (nSPS) is 19.4. The smallest absolute Gasteiger partial charge is 0.162 e. The summed E-state index contributed by atoms with van der Waals surface area (Å²) in [6.45, 7) is 5.65. The summed E-state index contributed by atoms with van der Waals surface area (Å²) in [5.74, 6) is 0.133. The van der Waals surface area contributed by atoms with Gasteiger partial charge in [-0.25, -0.2) is 4.68 Å². The Labute approximate surface area is 174 Å². The molecule has 8 heteroatoms. The van der Waals surface area contributed by atoms with E-state index >= 15 is 0 Å². The number of likely N-dealkylation sites (tertiary alicyclic amines) is 1. The van der Waals surface area contributed by atoms with E-state index in [1.165, 1.54) is 0 Å². The highest BCUT2D eigenvalue weighted by molar-refractivity contribution is 5.81. The fourth-order valence-corrected chi connectivity index (χ4v) is 4.32. The SMILES string of the molecule is CN1CCC(n2ccc3cc(-c4ccc(-n5ccnn5)cc4O)nnc32)CC1(C)C. The molecule has 0 aliphatic carbocycles. The van der Waals surface area contributed by atoms with E-state index in [4.69, 9.17) is 0 Å². The lowest BCUT2D eigenvalue weighted by atomic mass is 9.87. The molecule has 1 aliphatic heterocycles. The van der Waals surface area contributed by atoms with Gasteiger partial charge in [0, 0.05) is 41.3 Å². The minimum absolute atomic E-state index is 0.133. The average molecular weight is 403 g/mol. The van der Waals surface area contributed by atoms with Crippen LogP contribution < -0.4 is 0 Å². The predicted octanol–water partition coefficient (Wildman–Crippen LogP) is 3.43. The van der Waals surface area contributed by atoms with Gasteiger partial charge in [-0.3, -0.25) is 0 Å². The van der Waals surface area contributed by atoms with Crippen LogP contribution in [-0.2, 0) is 0 Å². The molecule has 1 aromatic carbocycles. The second-order valence-electron chi connectivity index (χ2n) is 8.66. The molecule has 1 N–H and O–H groups in total. The zero-order chi connectivity index (χ0) is 20.9. The van der Waals surface area contributed by atoms with E-state index in [1.807, 2.05) is 18.2 Å². The van der Waals surface area contributed by atoms with Gasteiger partial charge in [-0.2, -0.15) is 0 Å². The van der Waals surface area contributed by atoms with E-state index in [9.17, 15) is 5.11 Å². The third-order valence-corrected chi connectivity index (χ3v) is 6.37. The summed E-state index contributed by atoms with van der Waals surface area (Å²) in [4.78, 5) is 2.42. The van der Waals surface area contributed by atoms with Gasteiger partial charge in [0.2, 0.25) is 0 Å². The molecule has 1 aliphatic rings. The van der Waals surface area contributed by atoms with Crippen LogP contribution in [0.1, 0.15) is 32.7 Å². The number of benzene rings is 1. The Morgan fingerprint density at radius 2 is 1.97 bits per heavy atom. The van der Waals surface area contributed by atoms with Crippen molar-refractivity contribution in [1.82, 2.24) is 34.7 Å². The first-order valence-electron chi connectivity index (χ1n) is 10.2. The summed E-state index contributed by atoms with van der Waals surface area (Å²) >= 11 is 0. The van der Waals surface area contributed by atoms with Crippen LogP contribution in [0, 0.1) is 0 Å². The largest absolute Gasteiger partial charge is 0.507 e.